The molecule has 0 fully saturated rings. The molecule has 1 amide bonds. The molecule has 2 rings (SSSR count). The minimum atomic E-state index is -1.19. The van der Waals surface area contributed by atoms with E-state index in [9.17, 15) is 19.8 Å². The number of benzene rings is 1. The zero-order chi connectivity index (χ0) is 17.2. The summed E-state index contributed by atoms with van der Waals surface area (Å²) in [6, 6.07) is 5.11. The number of amides is 1. The lowest BCUT2D eigenvalue weighted by molar-refractivity contribution is 0.0126. The van der Waals surface area contributed by atoms with Gasteiger partial charge < -0.3 is 20.3 Å². The fourth-order valence-corrected chi connectivity index (χ4v) is 2.62. The van der Waals surface area contributed by atoms with Crippen LogP contribution in [-0.2, 0) is 11.2 Å². The molecule has 0 saturated carbocycles. The van der Waals surface area contributed by atoms with E-state index in [2.05, 4.69) is 5.32 Å². The van der Waals surface area contributed by atoms with Crippen molar-refractivity contribution in [1.29, 1.82) is 0 Å². The van der Waals surface area contributed by atoms with Gasteiger partial charge in [-0.25, -0.2) is 4.79 Å². The zero-order valence-corrected chi connectivity index (χ0v) is 13.6. The highest BCUT2D eigenvalue weighted by atomic mass is 16.6. The molecule has 126 valence electrons. The number of alkyl carbamates (subject to hydrolysis) is 1. The number of hydrogen-bond acceptors (Lipinski definition) is 5. The Balaban J connectivity index is 2.00. The second-order valence-electron chi connectivity index (χ2n) is 6.69. The number of Topliss-reactive ketones (excluding diaryl/α,β-unsaturated/α-hetero) is 1. The number of ether oxygens (including phenoxy) is 1. The van der Waals surface area contributed by atoms with Crippen molar-refractivity contribution in [3.63, 3.8) is 0 Å². The summed E-state index contributed by atoms with van der Waals surface area (Å²) in [5.74, 6) is 0.0513. The third-order valence-corrected chi connectivity index (χ3v) is 3.65. The van der Waals surface area contributed by atoms with Gasteiger partial charge in [0, 0.05) is 18.5 Å². The van der Waals surface area contributed by atoms with Gasteiger partial charge >= 0.3 is 6.09 Å². The van der Waals surface area contributed by atoms with Crippen molar-refractivity contribution in [2.45, 2.75) is 51.4 Å². The highest BCUT2D eigenvalue weighted by molar-refractivity contribution is 6.00. The zero-order valence-electron chi connectivity index (χ0n) is 13.6. The molecule has 23 heavy (non-hydrogen) atoms. The summed E-state index contributed by atoms with van der Waals surface area (Å²) in [4.78, 5) is 23.3. The van der Waals surface area contributed by atoms with Gasteiger partial charge in [0.2, 0.25) is 0 Å². The van der Waals surface area contributed by atoms with Crippen LogP contribution >= 0.6 is 0 Å². The van der Waals surface area contributed by atoms with Gasteiger partial charge in [0.1, 0.15) is 17.8 Å². The molecule has 0 spiro atoms. The van der Waals surface area contributed by atoms with Crippen LogP contribution in [0.3, 0.4) is 0 Å². The van der Waals surface area contributed by atoms with Crippen LogP contribution < -0.4 is 5.32 Å². The van der Waals surface area contributed by atoms with Gasteiger partial charge in [0.05, 0.1) is 0 Å². The van der Waals surface area contributed by atoms with Crippen LogP contribution in [-0.4, -0.2) is 40.3 Å². The van der Waals surface area contributed by atoms with E-state index < -0.39 is 23.9 Å². The van der Waals surface area contributed by atoms with Crippen LogP contribution in [0.2, 0.25) is 0 Å². The average molecular weight is 321 g/mol. The quantitative estimate of drug-likeness (QED) is 0.785. The molecule has 6 heteroatoms. The van der Waals surface area contributed by atoms with Gasteiger partial charge in [-0.1, -0.05) is 18.2 Å². The minimum absolute atomic E-state index is 0.0513. The molecule has 0 aliphatic heterocycles. The monoisotopic (exact) mass is 321 g/mol. The molecule has 1 aromatic rings. The van der Waals surface area contributed by atoms with E-state index >= 15 is 0 Å². The number of aliphatic hydroxyl groups excluding tert-OH is 2. The van der Waals surface area contributed by atoms with Crippen LogP contribution in [0.4, 0.5) is 4.79 Å². The van der Waals surface area contributed by atoms with Crippen molar-refractivity contribution < 1.29 is 24.5 Å². The number of nitrogens with one attached hydrogen (secondary N) is 1. The molecule has 2 atom stereocenters. The topological polar surface area (TPSA) is 95.9 Å². The fourth-order valence-electron chi connectivity index (χ4n) is 2.62. The molecule has 1 aliphatic carbocycles. The molecule has 1 aromatic carbocycles. The first kappa shape index (κ1) is 17.4. The Labute approximate surface area is 135 Å². The van der Waals surface area contributed by atoms with Gasteiger partial charge in [-0.3, -0.25) is 4.79 Å². The lowest BCUT2D eigenvalue weighted by atomic mass is 9.96. The summed E-state index contributed by atoms with van der Waals surface area (Å²) in [5.41, 5.74) is 1.29. The van der Waals surface area contributed by atoms with Crippen LogP contribution in [0.5, 0.6) is 0 Å². The third-order valence-electron chi connectivity index (χ3n) is 3.65. The summed E-state index contributed by atoms with van der Waals surface area (Å²) < 4.78 is 5.07. The highest BCUT2D eigenvalue weighted by Crippen LogP contribution is 2.30. The van der Waals surface area contributed by atoms with Crippen LogP contribution in [0, 0.1) is 0 Å². The van der Waals surface area contributed by atoms with Gasteiger partial charge in [-0.15, -0.1) is 0 Å². The maximum Gasteiger partial charge on any atom is 0.407 e. The Morgan fingerprint density at radius 3 is 2.65 bits per heavy atom. The molecule has 0 bridgehead atoms. The van der Waals surface area contributed by atoms with Gasteiger partial charge in [0.15, 0.2) is 5.78 Å². The molecule has 0 radical (unpaired) electrons. The van der Waals surface area contributed by atoms with E-state index in [1.165, 1.54) is 0 Å². The first-order valence-corrected chi connectivity index (χ1v) is 7.67. The van der Waals surface area contributed by atoms with Crippen molar-refractivity contribution in [3.8, 4) is 0 Å². The maximum atomic E-state index is 11.7. The van der Waals surface area contributed by atoms with E-state index in [0.717, 1.165) is 5.56 Å². The lowest BCUT2D eigenvalue weighted by Gasteiger charge is -2.23. The Morgan fingerprint density at radius 2 is 2.00 bits per heavy atom. The first-order chi connectivity index (χ1) is 10.7. The van der Waals surface area contributed by atoms with Crippen molar-refractivity contribution in [1.82, 2.24) is 5.32 Å². The molecule has 0 saturated heterocycles. The van der Waals surface area contributed by atoms with Gasteiger partial charge in [-0.05, 0) is 38.3 Å². The molecule has 0 aromatic heterocycles. The number of fused-ring (bicyclic) bond motifs is 1. The van der Waals surface area contributed by atoms with E-state index in [-0.39, 0.29) is 12.3 Å². The number of hydrogen-bond donors (Lipinski definition) is 3. The van der Waals surface area contributed by atoms with Crippen LogP contribution in [0.15, 0.2) is 18.2 Å². The van der Waals surface area contributed by atoms with Crippen LogP contribution in [0.25, 0.3) is 0 Å². The molecule has 1 aliphatic rings. The Kier molecular flexibility index (Phi) is 5.06. The smallest absolute Gasteiger partial charge is 0.407 e. The SMILES string of the molecule is CC(C)(C)OC(=O)NCC(O)C(O)c1cccc2c1CCC2=O. The summed E-state index contributed by atoms with van der Waals surface area (Å²) in [6.45, 7) is 5.07. The van der Waals surface area contributed by atoms with Crippen molar-refractivity contribution in [3.05, 3.63) is 34.9 Å². The molecule has 6 nitrogen and oxygen atoms in total. The number of carbonyl (C=O) groups is 2. The van der Waals surface area contributed by atoms with Crippen molar-refractivity contribution >= 4 is 11.9 Å². The van der Waals surface area contributed by atoms with E-state index in [0.29, 0.717) is 24.0 Å². The Hall–Kier alpha value is -1.92. The normalized spacial score (nSPS) is 16.7. The van der Waals surface area contributed by atoms with Gasteiger partial charge in [0.25, 0.3) is 0 Å². The number of rotatable bonds is 4. The average Bonchev–Trinajstić information content (AvgIpc) is 2.84. The van der Waals surface area contributed by atoms with Crippen molar-refractivity contribution in [2.75, 3.05) is 6.54 Å². The molecule has 0 heterocycles. The number of aliphatic hydroxyl groups is 2. The summed E-state index contributed by atoms with van der Waals surface area (Å²) in [6.07, 6.45) is -2.04. The molecule has 2 unspecified atom stereocenters. The maximum absolute atomic E-state index is 11.7. The van der Waals surface area contributed by atoms with Crippen molar-refractivity contribution in [2.24, 2.45) is 0 Å². The Morgan fingerprint density at radius 1 is 1.30 bits per heavy atom. The van der Waals surface area contributed by atoms with Gasteiger partial charge in [-0.2, -0.15) is 0 Å². The second kappa shape index (κ2) is 6.68. The number of carbonyl (C=O) groups excluding carboxylic acids is 2. The fraction of sp³-hybridized carbons (Fsp3) is 0.529. The lowest BCUT2D eigenvalue weighted by Crippen LogP contribution is -2.39. The van der Waals surface area contributed by atoms with Crippen LogP contribution in [0.1, 0.15) is 54.8 Å². The number of ketones is 1. The summed E-state index contributed by atoms with van der Waals surface area (Å²) in [5, 5.41) is 22.9. The van der Waals surface area contributed by atoms with E-state index in [1.54, 1.807) is 39.0 Å². The Bertz CT molecular complexity index is 605. The minimum Gasteiger partial charge on any atom is -0.444 e. The first-order valence-electron chi connectivity index (χ1n) is 7.67. The van der Waals surface area contributed by atoms with E-state index in [1.807, 2.05) is 0 Å². The predicted molar refractivity (Wildman–Crippen MR) is 84.3 cm³/mol. The highest BCUT2D eigenvalue weighted by Gasteiger charge is 2.28. The summed E-state index contributed by atoms with van der Waals surface area (Å²) in [7, 11) is 0. The second-order valence-corrected chi connectivity index (χ2v) is 6.69. The summed E-state index contributed by atoms with van der Waals surface area (Å²) >= 11 is 0. The molecular formula is C17H23NO5. The largest absolute Gasteiger partial charge is 0.444 e. The van der Waals surface area contributed by atoms with E-state index in [4.69, 9.17) is 4.74 Å². The third kappa shape index (κ3) is 4.30. The molecular weight excluding hydrogens is 298 g/mol. The predicted octanol–water partition coefficient (Wildman–Crippen LogP) is 1.73. The molecule has 3 N–H and O–H groups in total. The standard InChI is InChI=1S/C17H23NO5/c1-17(2,3)23-16(22)18-9-14(20)15(21)12-6-4-5-11-10(12)7-8-13(11)19/h4-6,14-15,20-21H,7-9H2,1-3H3,(H,18,22).